The molecule has 4 N–H and O–H groups in total. The molecule has 8 heteroatoms. The lowest BCUT2D eigenvalue weighted by Gasteiger charge is -2.47. The monoisotopic (exact) mass is 653 g/mol. The molecule has 0 unspecified atom stereocenters. The molecular formula is C40H55N5O3. The molecule has 1 fully saturated rings. The van der Waals surface area contributed by atoms with Crippen LogP contribution in [0.5, 0.6) is 0 Å². The topological polar surface area (TPSA) is 108 Å². The number of carbonyl (C=O) groups excluding carboxylic acids is 3. The second-order valence-electron chi connectivity index (χ2n) is 15.6. The lowest BCUT2D eigenvalue weighted by atomic mass is 9.79. The fourth-order valence-corrected chi connectivity index (χ4v) is 7.07. The smallest absolute Gasteiger partial charge is 0.246 e. The average molecular weight is 654 g/mol. The largest absolute Gasteiger partial charge is 0.351 e. The SMILES string of the molecule is CN(C(=O)/C=C/CC(C)(C)N)[C@H](Cc1ccc2ccccc2c1)C(=O)N(C)[C@H](Cc1ccccc1)C(=O)NC1CC(C)(C)NC(C)(C)C1. The quantitative estimate of drug-likeness (QED) is 0.228. The number of hydrogen-bond acceptors (Lipinski definition) is 5. The van der Waals surface area contributed by atoms with Gasteiger partial charge in [-0.2, -0.15) is 0 Å². The van der Waals surface area contributed by atoms with Gasteiger partial charge in [0.15, 0.2) is 0 Å². The van der Waals surface area contributed by atoms with Crippen molar-refractivity contribution in [2.45, 2.75) is 108 Å². The van der Waals surface area contributed by atoms with E-state index in [1.165, 1.54) is 11.0 Å². The number of hydrogen-bond donors (Lipinski definition) is 3. The molecule has 0 aromatic heterocycles. The first-order valence-corrected chi connectivity index (χ1v) is 17.0. The number of nitrogens with two attached hydrogens (primary N) is 1. The first-order valence-electron chi connectivity index (χ1n) is 17.0. The van der Waals surface area contributed by atoms with Crippen LogP contribution in [0, 0.1) is 0 Å². The van der Waals surface area contributed by atoms with E-state index >= 15 is 0 Å². The Hall–Kier alpha value is -4.01. The summed E-state index contributed by atoms with van der Waals surface area (Å²) in [5, 5.41) is 9.14. The standard InChI is InChI=1S/C40H55N5O3/c1-38(2,41)22-14-19-35(46)44(7)34(25-29-20-21-30-17-12-13-18-31(30)23-29)37(48)45(8)33(24-28-15-10-9-11-16-28)36(47)42-32-26-39(3,4)43-40(5,6)27-32/h9-21,23,32-34,43H,22,24-27,41H2,1-8H3,(H,42,47)/b19-14+/t33-,34-/m1/s1. The predicted molar refractivity (Wildman–Crippen MR) is 195 cm³/mol. The van der Waals surface area contributed by atoms with Crippen molar-refractivity contribution < 1.29 is 14.4 Å². The van der Waals surface area contributed by atoms with E-state index in [1.807, 2.05) is 80.6 Å². The third-order valence-corrected chi connectivity index (χ3v) is 9.17. The van der Waals surface area contributed by atoms with Crippen LogP contribution in [0.2, 0.25) is 0 Å². The van der Waals surface area contributed by atoms with Gasteiger partial charge in [0.2, 0.25) is 17.7 Å². The second-order valence-corrected chi connectivity index (χ2v) is 15.6. The molecule has 0 bridgehead atoms. The summed E-state index contributed by atoms with van der Waals surface area (Å²) in [6.45, 7) is 12.4. The Kier molecular flexibility index (Phi) is 11.5. The Labute approximate surface area is 287 Å². The van der Waals surface area contributed by atoms with E-state index in [1.54, 1.807) is 25.1 Å². The zero-order valence-electron chi connectivity index (χ0n) is 30.0. The van der Waals surface area contributed by atoms with E-state index in [0.29, 0.717) is 19.3 Å². The summed E-state index contributed by atoms with van der Waals surface area (Å²) in [6.07, 6.45) is 5.94. The van der Waals surface area contributed by atoms with Crippen molar-refractivity contribution in [1.29, 1.82) is 0 Å². The van der Waals surface area contributed by atoms with Gasteiger partial charge in [-0.1, -0.05) is 78.9 Å². The molecular weight excluding hydrogens is 598 g/mol. The van der Waals surface area contributed by atoms with Crippen molar-refractivity contribution in [3.8, 4) is 0 Å². The van der Waals surface area contributed by atoms with Crippen LogP contribution in [0.4, 0.5) is 0 Å². The fourth-order valence-electron chi connectivity index (χ4n) is 7.07. The number of nitrogens with zero attached hydrogens (tertiary/aromatic N) is 2. The lowest BCUT2D eigenvalue weighted by molar-refractivity contribution is -0.146. The summed E-state index contributed by atoms with van der Waals surface area (Å²) in [6, 6.07) is 22.3. The highest BCUT2D eigenvalue weighted by Gasteiger charge is 2.40. The Morgan fingerprint density at radius 3 is 2.06 bits per heavy atom. The van der Waals surface area contributed by atoms with Gasteiger partial charge in [-0.05, 0) is 88.8 Å². The molecule has 3 aromatic rings. The highest BCUT2D eigenvalue weighted by atomic mass is 16.2. The molecule has 1 aliphatic heterocycles. The second kappa shape index (κ2) is 15.0. The first kappa shape index (κ1) is 36.8. The summed E-state index contributed by atoms with van der Waals surface area (Å²) < 4.78 is 0. The van der Waals surface area contributed by atoms with E-state index in [2.05, 4.69) is 44.4 Å². The Bertz CT molecular complexity index is 1590. The fraction of sp³-hybridized carbons (Fsp3) is 0.475. The van der Waals surface area contributed by atoms with E-state index in [-0.39, 0.29) is 34.8 Å². The number of piperidine rings is 1. The minimum atomic E-state index is -0.845. The number of nitrogens with one attached hydrogen (secondary N) is 2. The minimum absolute atomic E-state index is 0.0555. The van der Waals surface area contributed by atoms with Crippen LogP contribution in [-0.4, -0.2) is 76.4 Å². The van der Waals surface area contributed by atoms with Gasteiger partial charge in [-0.25, -0.2) is 0 Å². The molecule has 48 heavy (non-hydrogen) atoms. The predicted octanol–water partition coefficient (Wildman–Crippen LogP) is 5.39. The van der Waals surface area contributed by atoms with Crippen LogP contribution in [0.15, 0.2) is 84.9 Å². The van der Waals surface area contributed by atoms with Gasteiger partial charge in [-0.3, -0.25) is 14.4 Å². The van der Waals surface area contributed by atoms with E-state index < -0.39 is 17.6 Å². The van der Waals surface area contributed by atoms with Crippen molar-refractivity contribution >= 4 is 28.5 Å². The normalized spacial score (nSPS) is 17.5. The molecule has 8 nitrogen and oxygen atoms in total. The van der Waals surface area contributed by atoms with Crippen molar-refractivity contribution in [1.82, 2.24) is 20.4 Å². The lowest BCUT2D eigenvalue weighted by Crippen LogP contribution is -2.63. The molecule has 0 saturated carbocycles. The molecule has 1 saturated heterocycles. The maximum Gasteiger partial charge on any atom is 0.246 e. The summed E-state index contributed by atoms with van der Waals surface area (Å²) in [5.41, 5.74) is 7.24. The molecule has 0 radical (unpaired) electrons. The zero-order chi connectivity index (χ0) is 35.3. The number of amides is 3. The van der Waals surface area contributed by atoms with Gasteiger partial charge < -0.3 is 26.2 Å². The molecule has 3 aromatic carbocycles. The number of rotatable bonds is 12. The van der Waals surface area contributed by atoms with Crippen molar-refractivity contribution in [2.24, 2.45) is 5.73 Å². The maximum absolute atomic E-state index is 14.6. The van der Waals surface area contributed by atoms with Gasteiger partial charge in [0.1, 0.15) is 12.1 Å². The van der Waals surface area contributed by atoms with Gasteiger partial charge in [0.05, 0.1) is 0 Å². The molecule has 0 spiro atoms. The van der Waals surface area contributed by atoms with Gasteiger partial charge in [0.25, 0.3) is 0 Å². The molecule has 1 aliphatic rings. The summed E-state index contributed by atoms with van der Waals surface area (Å²) in [5.74, 6) is -0.791. The Morgan fingerprint density at radius 2 is 1.44 bits per heavy atom. The van der Waals surface area contributed by atoms with Crippen LogP contribution in [0.1, 0.15) is 71.9 Å². The molecule has 2 atom stereocenters. The van der Waals surface area contributed by atoms with Crippen molar-refractivity contribution in [2.75, 3.05) is 14.1 Å². The van der Waals surface area contributed by atoms with E-state index in [4.69, 9.17) is 5.73 Å². The average Bonchev–Trinajstić information content (AvgIpc) is 2.99. The van der Waals surface area contributed by atoms with Crippen LogP contribution < -0.4 is 16.4 Å². The summed E-state index contributed by atoms with van der Waals surface area (Å²) >= 11 is 0. The van der Waals surface area contributed by atoms with Crippen molar-refractivity contribution in [3.05, 3.63) is 96.1 Å². The number of likely N-dealkylation sites (N-methyl/N-ethyl adjacent to an activating group) is 2. The third-order valence-electron chi connectivity index (χ3n) is 9.17. The highest BCUT2D eigenvalue weighted by Crippen LogP contribution is 2.29. The van der Waals surface area contributed by atoms with Crippen molar-refractivity contribution in [3.63, 3.8) is 0 Å². The summed E-state index contributed by atoms with van der Waals surface area (Å²) in [4.78, 5) is 45.4. The number of benzene rings is 3. The van der Waals surface area contributed by atoms with Crippen LogP contribution in [0.25, 0.3) is 10.8 Å². The van der Waals surface area contributed by atoms with Gasteiger partial charge >= 0.3 is 0 Å². The Balaban J connectivity index is 1.66. The van der Waals surface area contributed by atoms with Crippen LogP contribution in [-0.2, 0) is 27.2 Å². The molecule has 258 valence electrons. The Morgan fingerprint density at radius 1 is 0.854 bits per heavy atom. The summed E-state index contributed by atoms with van der Waals surface area (Å²) in [7, 11) is 3.34. The van der Waals surface area contributed by atoms with E-state index in [9.17, 15) is 14.4 Å². The molecule has 3 amide bonds. The first-order chi connectivity index (χ1) is 22.4. The highest BCUT2D eigenvalue weighted by molar-refractivity contribution is 5.95. The van der Waals surface area contributed by atoms with Gasteiger partial charge in [0, 0.05) is 49.6 Å². The number of carbonyl (C=O) groups is 3. The molecule has 0 aliphatic carbocycles. The molecule has 1 heterocycles. The van der Waals surface area contributed by atoms with Gasteiger partial charge in [-0.15, -0.1) is 0 Å². The van der Waals surface area contributed by atoms with Crippen LogP contribution >= 0.6 is 0 Å². The van der Waals surface area contributed by atoms with Crippen LogP contribution in [0.3, 0.4) is 0 Å². The maximum atomic E-state index is 14.6. The number of fused-ring (bicyclic) bond motifs is 1. The van der Waals surface area contributed by atoms with E-state index in [0.717, 1.165) is 34.7 Å². The zero-order valence-corrected chi connectivity index (χ0v) is 30.0. The third kappa shape index (κ3) is 10.2. The molecule has 4 rings (SSSR count). The minimum Gasteiger partial charge on any atom is -0.351 e.